The van der Waals surface area contributed by atoms with Crippen molar-refractivity contribution in [1.29, 1.82) is 5.26 Å². The summed E-state index contributed by atoms with van der Waals surface area (Å²) in [6.45, 7) is 1.99. The number of nitriles is 1. The van der Waals surface area contributed by atoms with Gasteiger partial charge in [-0.05, 0) is 18.6 Å². The molecule has 0 spiro atoms. The second-order valence-corrected chi connectivity index (χ2v) is 3.18. The third-order valence-electron chi connectivity index (χ3n) is 2.10. The predicted molar refractivity (Wildman–Crippen MR) is 58.2 cm³/mol. The Kier molecular flexibility index (Phi) is 3.89. The number of hydrogen-bond acceptors (Lipinski definition) is 5. The number of nitrogens with one attached hydrogen (secondary N) is 1. The number of rotatable bonds is 4. The zero-order valence-electron chi connectivity index (χ0n) is 8.57. The molecule has 0 aliphatic carbocycles. The van der Waals surface area contributed by atoms with Crippen LogP contribution in [-0.2, 0) is 0 Å². The Morgan fingerprint density at radius 1 is 1.67 bits per heavy atom. The summed E-state index contributed by atoms with van der Waals surface area (Å²) >= 11 is 0. The lowest BCUT2D eigenvalue weighted by atomic mass is 10.2. The summed E-state index contributed by atoms with van der Waals surface area (Å²) in [5, 5.41) is 20.7. The first-order valence-corrected chi connectivity index (χ1v) is 4.75. The van der Waals surface area contributed by atoms with E-state index >= 15 is 0 Å². The molecule has 0 amide bonds. The molecule has 4 N–H and O–H groups in total. The fraction of sp³-hybridized carbons (Fsp3) is 0.400. The van der Waals surface area contributed by atoms with Gasteiger partial charge < -0.3 is 16.2 Å². The van der Waals surface area contributed by atoms with Gasteiger partial charge in [-0.15, -0.1) is 0 Å². The highest BCUT2D eigenvalue weighted by atomic mass is 16.3. The van der Waals surface area contributed by atoms with E-state index in [2.05, 4.69) is 10.3 Å². The van der Waals surface area contributed by atoms with E-state index in [4.69, 9.17) is 16.1 Å². The molecule has 0 radical (unpaired) electrons. The van der Waals surface area contributed by atoms with Crippen LogP contribution in [0.2, 0.25) is 0 Å². The highest BCUT2D eigenvalue weighted by Crippen LogP contribution is 2.13. The van der Waals surface area contributed by atoms with Gasteiger partial charge in [0, 0.05) is 0 Å². The molecule has 5 heteroatoms. The molecular formula is C10H14N4O. The Morgan fingerprint density at radius 3 is 2.93 bits per heavy atom. The van der Waals surface area contributed by atoms with E-state index in [0.29, 0.717) is 11.5 Å². The van der Waals surface area contributed by atoms with Gasteiger partial charge in [-0.3, -0.25) is 0 Å². The normalized spacial score (nSPS) is 11.8. The van der Waals surface area contributed by atoms with Gasteiger partial charge in [-0.25, -0.2) is 4.98 Å². The zero-order chi connectivity index (χ0) is 11.3. The van der Waals surface area contributed by atoms with Crippen molar-refractivity contribution in [2.24, 2.45) is 0 Å². The van der Waals surface area contributed by atoms with Crippen LogP contribution in [0.15, 0.2) is 12.1 Å². The van der Waals surface area contributed by atoms with E-state index in [9.17, 15) is 0 Å². The van der Waals surface area contributed by atoms with Crippen LogP contribution in [0, 0.1) is 11.3 Å². The molecule has 1 unspecified atom stereocenters. The summed E-state index contributed by atoms with van der Waals surface area (Å²) in [7, 11) is 0. The Hall–Kier alpha value is -1.80. The molecule has 0 aromatic carbocycles. The molecule has 1 aromatic rings. The maximum atomic E-state index is 8.99. The summed E-state index contributed by atoms with van der Waals surface area (Å²) in [4.78, 5) is 4.02. The minimum absolute atomic E-state index is 0.0322. The van der Waals surface area contributed by atoms with E-state index in [1.807, 2.05) is 13.0 Å². The van der Waals surface area contributed by atoms with Gasteiger partial charge in [0.05, 0.1) is 18.3 Å². The molecule has 80 valence electrons. The molecule has 1 heterocycles. The first-order valence-electron chi connectivity index (χ1n) is 4.75. The lowest BCUT2D eigenvalue weighted by Crippen LogP contribution is -2.23. The molecule has 15 heavy (non-hydrogen) atoms. The minimum atomic E-state index is -0.0485. The fourth-order valence-electron chi connectivity index (χ4n) is 1.13. The van der Waals surface area contributed by atoms with Crippen LogP contribution in [0.4, 0.5) is 11.5 Å². The molecule has 5 nitrogen and oxygen atoms in total. The third kappa shape index (κ3) is 2.82. The number of nitrogen functional groups attached to an aromatic ring is 1. The summed E-state index contributed by atoms with van der Waals surface area (Å²) in [5.74, 6) is 0.557. The van der Waals surface area contributed by atoms with Crippen molar-refractivity contribution in [1.82, 2.24) is 4.98 Å². The summed E-state index contributed by atoms with van der Waals surface area (Å²) in [6.07, 6.45) is 0.782. The van der Waals surface area contributed by atoms with Gasteiger partial charge in [0.1, 0.15) is 11.9 Å². The molecule has 0 aliphatic heterocycles. The summed E-state index contributed by atoms with van der Waals surface area (Å²) in [5.41, 5.74) is 6.10. The van der Waals surface area contributed by atoms with Gasteiger partial charge >= 0.3 is 0 Å². The monoisotopic (exact) mass is 206 g/mol. The van der Waals surface area contributed by atoms with E-state index in [1.54, 1.807) is 12.1 Å². The first-order chi connectivity index (χ1) is 7.21. The number of aliphatic hydroxyl groups excluding tert-OH is 1. The second-order valence-electron chi connectivity index (χ2n) is 3.18. The van der Waals surface area contributed by atoms with Gasteiger partial charge in [-0.2, -0.15) is 5.26 Å². The quantitative estimate of drug-likeness (QED) is 0.674. The maximum Gasteiger partial charge on any atom is 0.165 e. The number of aromatic nitrogens is 1. The Bertz CT molecular complexity index is 368. The fourth-order valence-corrected chi connectivity index (χ4v) is 1.13. The minimum Gasteiger partial charge on any atom is -0.396 e. The van der Waals surface area contributed by atoms with Crippen molar-refractivity contribution in [2.45, 2.75) is 19.4 Å². The maximum absolute atomic E-state index is 8.99. The van der Waals surface area contributed by atoms with Gasteiger partial charge in [0.25, 0.3) is 0 Å². The lowest BCUT2D eigenvalue weighted by Gasteiger charge is -2.14. The van der Waals surface area contributed by atoms with Crippen LogP contribution in [-0.4, -0.2) is 22.7 Å². The standard InChI is InChI=1S/C10H14N4O/c1-2-7(6-15)13-10-4-3-8(12)9(5-11)14-10/h3-4,7,15H,2,6,12H2,1H3,(H,13,14). The van der Waals surface area contributed by atoms with Crippen LogP contribution in [0.5, 0.6) is 0 Å². The highest BCUT2D eigenvalue weighted by Gasteiger charge is 2.06. The van der Waals surface area contributed by atoms with Gasteiger partial charge in [0.2, 0.25) is 0 Å². The summed E-state index contributed by atoms with van der Waals surface area (Å²) in [6, 6.07) is 5.17. The number of nitrogens with zero attached hydrogens (tertiary/aromatic N) is 2. The Labute approximate surface area is 88.6 Å². The van der Waals surface area contributed by atoms with Gasteiger partial charge in [0.15, 0.2) is 5.69 Å². The molecule has 0 fully saturated rings. The van der Waals surface area contributed by atoms with E-state index in [1.165, 1.54) is 0 Å². The summed E-state index contributed by atoms with van der Waals surface area (Å²) < 4.78 is 0. The molecule has 0 bridgehead atoms. The van der Waals surface area contributed by atoms with Crippen LogP contribution in [0.25, 0.3) is 0 Å². The molecule has 0 saturated heterocycles. The smallest absolute Gasteiger partial charge is 0.165 e. The molecule has 1 atom stereocenters. The third-order valence-corrected chi connectivity index (χ3v) is 2.10. The molecule has 0 aliphatic rings. The van der Waals surface area contributed by atoms with Crippen LogP contribution >= 0.6 is 0 Å². The highest BCUT2D eigenvalue weighted by molar-refractivity contribution is 5.54. The predicted octanol–water partition coefficient (Wildman–Crippen LogP) is 0.718. The molecule has 1 aromatic heterocycles. The van der Waals surface area contributed by atoms with Crippen molar-refractivity contribution in [3.05, 3.63) is 17.8 Å². The van der Waals surface area contributed by atoms with Crippen LogP contribution in [0.1, 0.15) is 19.0 Å². The molecule has 1 rings (SSSR count). The topological polar surface area (TPSA) is 95.0 Å². The average molecular weight is 206 g/mol. The molecular weight excluding hydrogens is 192 g/mol. The lowest BCUT2D eigenvalue weighted by molar-refractivity contribution is 0.271. The number of nitrogens with two attached hydrogens (primary N) is 1. The number of aliphatic hydroxyl groups is 1. The molecule has 0 saturated carbocycles. The van der Waals surface area contributed by atoms with Crippen molar-refractivity contribution < 1.29 is 5.11 Å². The number of pyridine rings is 1. The van der Waals surface area contributed by atoms with Crippen molar-refractivity contribution >= 4 is 11.5 Å². The Balaban J connectivity index is 2.83. The van der Waals surface area contributed by atoms with E-state index < -0.39 is 0 Å². The Morgan fingerprint density at radius 2 is 2.40 bits per heavy atom. The second kappa shape index (κ2) is 5.17. The van der Waals surface area contributed by atoms with E-state index in [0.717, 1.165) is 6.42 Å². The van der Waals surface area contributed by atoms with Crippen molar-refractivity contribution in [2.75, 3.05) is 17.7 Å². The zero-order valence-corrected chi connectivity index (χ0v) is 8.57. The van der Waals surface area contributed by atoms with Crippen molar-refractivity contribution in [3.63, 3.8) is 0 Å². The van der Waals surface area contributed by atoms with Gasteiger partial charge in [-0.1, -0.05) is 6.92 Å². The largest absolute Gasteiger partial charge is 0.396 e. The van der Waals surface area contributed by atoms with E-state index in [-0.39, 0.29) is 18.3 Å². The van der Waals surface area contributed by atoms with Crippen LogP contribution < -0.4 is 11.1 Å². The first kappa shape index (κ1) is 11.3. The number of hydrogen-bond donors (Lipinski definition) is 3. The van der Waals surface area contributed by atoms with Crippen LogP contribution in [0.3, 0.4) is 0 Å². The average Bonchev–Trinajstić information content (AvgIpc) is 2.28. The number of anilines is 2. The SMILES string of the molecule is CCC(CO)Nc1ccc(N)c(C#N)n1. The van der Waals surface area contributed by atoms with Crippen molar-refractivity contribution in [3.8, 4) is 6.07 Å².